The van der Waals surface area contributed by atoms with Gasteiger partial charge in [0.2, 0.25) is 5.91 Å². The molecule has 9 heteroatoms. The molecule has 1 aliphatic carbocycles. The zero-order valence-electron chi connectivity index (χ0n) is 22.2. The molecule has 0 spiro atoms. The van der Waals surface area contributed by atoms with E-state index < -0.39 is 37.8 Å². The van der Waals surface area contributed by atoms with Crippen molar-refractivity contribution in [2.45, 2.75) is 96.7 Å². The number of nitrogens with zero attached hydrogens (tertiary/aromatic N) is 1. The highest BCUT2D eigenvalue weighted by Crippen LogP contribution is 2.39. The molecule has 7 nitrogen and oxygen atoms in total. The highest BCUT2D eigenvalue weighted by atomic mass is 28.4. The summed E-state index contributed by atoms with van der Waals surface area (Å²) in [6.45, 7) is 16.3. The van der Waals surface area contributed by atoms with E-state index in [0.717, 1.165) is 11.8 Å². The van der Waals surface area contributed by atoms with Gasteiger partial charge in [-0.15, -0.1) is 0 Å². The molecule has 1 fully saturated rings. The number of hydrogen-bond donors (Lipinski definition) is 1. The number of carbonyl (C=O) groups excluding carboxylic acids is 3. The first-order valence-corrected chi connectivity index (χ1v) is 15.2. The molecule has 1 heterocycles. The summed E-state index contributed by atoms with van der Waals surface area (Å²) in [6.07, 6.45) is 1.13. The maximum Gasteiger partial charge on any atom is 0.411 e. The molecule has 2 unspecified atom stereocenters. The topological polar surface area (TPSA) is 84.9 Å². The van der Waals surface area contributed by atoms with Crippen molar-refractivity contribution < 1.29 is 27.9 Å². The summed E-state index contributed by atoms with van der Waals surface area (Å²) < 4.78 is 26.8. The number of rotatable bonds is 5. The van der Waals surface area contributed by atoms with Crippen LogP contribution in [0.25, 0.3) is 0 Å². The summed E-state index contributed by atoms with van der Waals surface area (Å²) in [5, 5.41) is 2.77. The minimum absolute atomic E-state index is 0.0224. The summed E-state index contributed by atoms with van der Waals surface area (Å²) in [6, 6.07) is 2.19. The third kappa shape index (κ3) is 6.30. The number of halogens is 1. The van der Waals surface area contributed by atoms with Crippen molar-refractivity contribution in [3.63, 3.8) is 0 Å². The van der Waals surface area contributed by atoms with Gasteiger partial charge in [-0.3, -0.25) is 9.69 Å². The number of carbonyl (C=O) groups is 3. The van der Waals surface area contributed by atoms with Gasteiger partial charge in [-0.05, 0) is 75.0 Å². The molecule has 1 N–H and O–H groups in total. The Morgan fingerprint density at radius 3 is 2.37 bits per heavy atom. The maximum atomic E-state index is 14.7. The number of anilines is 1. The Morgan fingerprint density at radius 2 is 1.80 bits per heavy atom. The van der Waals surface area contributed by atoms with Gasteiger partial charge >= 0.3 is 6.09 Å². The van der Waals surface area contributed by atoms with Crippen LogP contribution in [-0.2, 0) is 31.6 Å². The molecule has 1 saturated heterocycles. The van der Waals surface area contributed by atoms with Crippen LogP contribution in [0, 0.1) is 11.7 Å². The average molecular weight is 507 g/mol. The van der Waals surface area contributed by atoms with Crippen molar-refractivity contribution in [3.05, 3.63) is 29.1 Å². The maximum absolute atomic E-state index is 14.7. The Labute approximate surface area is 208 Å². The second-order valence-corrected chi connectivity index (χ2v) is 17.0. The molecule has 2 aliphatic rings. The predicted molar refractivity (Wildman–Crippen MR) is 135 cm³/mol. The van der Waals surface area contributed by atoms with Gasteiger partial charge in [0.25, 0.3) is 0 Å². The van der Waals surface area contributed by atoms with E-state index in [1.54, 1.807) is 26.8 Å². The first kappa shape index (κ1) is 27.3. The van der Waals surface area contributed by atoms with Crippen molar-refractivity contribution in [2.75, 3.05) is 11.9 Å². The highest BCUT2D eigenvalue weighted by molar-refractivity contribution is 6.74. The largest absolute Gasteiger partial charge is 0.444 e. The lowest BCUT2D eigenvalue weighted by Crippen LogP contribution is -2.46. The zero-order chi connectivity index (χ0) is 26.3. The summed E-state index contributed by atoms with van der Waals surface area (Å²) in [5.41, 5.74) is 0.858. The third-order valence-corrected chi connectivity index (χ3v) is 11.7. The minimum atomic E-state index is -2.14. The average Bonchev–Trinajstić information content (AvgIpc) is 3.29. The molecule has 3 rings (SSSR count). The van der Waals surface area contributed by atoms with Gasteiger partial charge in [0.1, 0.15) is 23.7 Å². The zero-order valence-corrected chi connectivity index (χ0v) is 23.2. The standard InChI is InChI=1S/C26H39FN2O5Si/c1-25(2,3)33-24(32)29-14-19(34-35(7,8)26(4,5)6)13-22(29)23(31)28-18-11-17-9-16(15-30)10-20(17)21(27)12-18/h11-12,15-16,19,22H,9-10,13-14H2,1-8H3,(H,28,31)/t16?,19?,22-/m1/s1. The smallest absolute Gasteiger partial charge is 0.411 e. The lowest BCUT2D eigenvalue weighted by atomic mass is 10.1. The summed E-state index contributed by atoms with van der Waals surface area (Å²) in [7, 11) is -2.14. The number of nitrogens with one attached hydrogen (secondary N) is 1. The summed E-state index contributed by atoms with van der Waals surface area (Å²) >= 11 is 0. The van der Waals surface area contributed by atoms with Crippen LogP contribution < -0.4 is 5.32 Å². The fourth-order valence-electron chi connectivity index (χ4n) is 4.36. The van der Waals surface area contributed by atoms with Crippen molar-refractivity contribution in [3.8, 4) is 0 Å². The van der Waals surface area contributed by atoms with Crippen molar-refractivity contribution >= 4 is 32.3 Å². The second-order valence-electron chi connectivity index (χ2n) is 12.3. The van der Waals surface area contributed by atoms with E-state index in [-0.39, 0.29) is 23.6 Å². The van der Waals surface area contributed by atoms with Crippen LogP contribution in [0.1, 0.15) is 59.1 Å². The molecule has 35 heavy (non-hydrogen) atoms. The Morgan fingerprint density at radius 1 is 1.14 bits per heavy atom. The molecule has 3 atom stereocenters. The number of fused-ring (bicyclic) bond motifs is 1. The van der Waals surface area contributed by atoms with Crippen molar-refractivity contribution in [2.24, 2.45) is 5.92 Å². The third-order valence-electron chi connectivity index (χ3n) is 7.16. The fraction of sp³-hybridized carbons (Fsp3) is 0.654. The van der Waals surface area contributed by atoms with E-state index in [9.17, 15) is 18.8 Å². The van der Waals surface area contributed by atoms with Crippen LogP contribution in [0.4, 0.5) is 14.9 Å². The lowest BCUT2D eigenvalue weighted by Gasteiger charge is -2.38. The van der Waals surface area contributed by atoms with E-state index in [2.05, 4.69) is 39.2 Å². The van der Waals surface area contributed by atoms with Crippen LogP contribution >= 0.6 is 0 Å². The molecular weight excluding hydrogens is 467 g/mol. The molecule has 0 aromatic heterocycles. The second kappa shape index (κ2) is 9.65. The monoisotopic (exact) mass is 506 g/mol. The van der Waals surface area contributed by atoms with Gasteiger partial charge in [0.05, 0.1) is 6.10 Å². The van der Waals surface area contributed by atoms with Crippen LogP contribution in [0.3, 0.4) is 0 Å². The van der Waals surface area contributed by atoms with Crippen LogP contribution in [-0.4, -0.2) is 55.8 Å². The van der Waals surface area contributed by atoms with Crippen LogP contribution in [0.5, 0.6) is 0 Å². The molecule has 0 bridgehead atoms. The van der Waals surface area contributed by atoms with Crippen molar-refractivity contribution in [1.29, 1.82) is 0 Å². The fourth-order valence-corrected chi connectivity index (χ4v) is 5.72. The summed E-state index contributed by atoms with van der Waals surface area (Å²) in [5.74, 6) is -1.09. The predicted octanol–water partition coefficient (Wildman–Crippen LogP) is 5.08. The molecule has 2 amide bonds. The molecule has 1 aromatic carbocycles. The Kier molecular flexibility index (Phi) is 7.54. The molecule has 1 aromatic rings. The lowest BCUT2D eigenvalue weighted by molar-refractivity contribution is -0.120. The number of aldehydes is 1. The van der Waals surface area contributed by atoms with Gasteiger partial charge < -0.3 is 19.3 Å². The number of ether oxygens (including phenoxy) is 1. The summed E-state index contributed by atoms with van der Waals surface area (Å²) in [4.78, 5) is 38.9. The van der Waals surface area contributed by atoms with E-state index in [1.807, 2.05) is 0 Å². The number of hydrogen-bond acceptors (Lipinski definition) is 5. The van der Waals surface area contributed by atoms with Crippen LogP contribution in [0.2, 0.25) is 18.1 Å². The minimum Gasteiger partial charge on any atom is -0.444 e. The number of benzene rings is 1. The Bertz CT molecular complexity index is 999. The van der Waals surface area contributed by atoms with E-state index in [1.165, 1.54) is 11.0 Å². The van der Waals surface area contributed by atoms with Gasteiger partial charge in [-0.2, -0.15) is 0 Å². The first-order valence-electron chi connectivity index (χ1n) is 12.3. The molecule has 194 valence electrons. The quantitative estimate of drug-likeness (QED) is 0.445. The highest BCUT2D eigenvalue weighted by Gasteiger charge is 2.46. The van der Waals surface area contributed by atoms with Gasteiger partial charge in [-0.1, -0.05) is 20.8 Å². The first-order chi connectivity index (χ1) is 16.0. The van der Waals surface area contributed by atoms with Crippen molar-refractivity contribution in [1.82, 2.24) is 4.90 Å². The van der Waals surface area contributed by atoms with E-state index in [0.29, 0.717) is 30.5 Å². The van der Waals surface area contributed by atoms with Gasteiger partial charge in [0.15, 0.2) is 8.32 Å². The molecular formula is C26H39FN2O5Si. The molecule has 0 saturated carbocycles. The Balaban J connectivity index is 1.81. The molecule has 0 radical (unpaired) electrons. The number of amides is 2. The Hall–Kier alpha value is -2.26. The van der Waals surface area contributed by atoms with Gasteiger partial charge in [-0.25, -0.2) is 9.18 Å². The number of likely N-dealkylation sites (tertiary alicyclic amines) is 1. The van der Waals surface area contributed by atoms with E-state index >= 15 is 0 Å². The SMILES string of the molecule is CC(C)(C)OC(=O)N1CC(O[Si](C)(C)C(C)(C)C)C[C@@H]1C(=O)Nc1cc(F)c2c(c1)CC(C=O)C2. The van der Waals surface area contributed by atoms with Gasteiger partial charge in [0, 0.05) is 24.6 Å². The normalized spacial score (nSPS) is 22.7. The molecule has 1 aliphatic heterocycles. The van der Waals surface area contributed by atoms with Crippen LogP contribution in [0.15, 0.2) is 12.1 Å². The van der Waals surface area contributed by atoms with E-state index in [4.69, 9.17) is 9.16 Å².